The average molecular weight is 575 g/mol. The van der Waals surface area contributed by atoms with E-state index in [2.05, 4.69) is 15.1 Å². The summed E-state index contributed by atoms with van der Waals surface area (Å²) in [7, 11) is 3.25. The van der Waals surface area contributed by atoms with Crippen molar-refractivity contribution in [1.82, 2.24) is 28.6 Å². The second-order valence-corrected chi connectivity index (χ2v) is 10.9. The van der Waals surface area contributed by atoms with Gasteiger partial charge in [-0.25, -0.2) is 9.18 Å². The lowest BCUT2D eigenvalue weighted by Crippen LogP contribution is -2.50. The van der Waals surface area contributed by atoms with Crippen molar-refractivity contribution >= 4 is 5.52 Å². The van der Waals surface area contributed by atoms with Crippen LogP contribution in [0.15, 0.2) is 53.8 Å². The number of fused-ring (bicyclic) bond motifs is 1. The first-order chi connectivity index (χ1) is 19.6. The smallest absolute Gasteiger partial charge is 0.383 e. The van der Waals surface area contributed by atoms with E-state index in [1.54, 1.807) is 38.4 Å². The summed E-state index contributed by atoms with van der Waals surface area (Å²) in [5.74, 6) is 0.138. The molecule has 1 unspecified atom stereocenters. The van der Waals surface area contributed by atoms with Crippen LogP contribution >= 0.6 is 0 Å². The van der Waals surface area contributed by atoms with Crippen molar-refractivity contribution in [1.29, 1.82) is 0 Å². The zero-order valence-electron chi connectivity index (χ0n) is 22.6. The van der Waals surface area contributed by atoms with Crippen LogP contribution in [0.2, 0.25) is 0 Å². The lowest BCUT2D eigenvalue weighted by Gasteiger charge is -2.43. The molecule has 2 fully saturated rings. The molecule has 218 valence electrons. The monoisotopic (exact) mass is 574 g/mol. The van der Waals surface area contributed by atoms with Crippen molar-refractivity contribution in [3.63, 3.8) is 0 Å². The fourth-order valence-electron chi connectivity index (χ4n) is 5.98. The number of aromatic nitrogens is 5. The summed E-state index contributed by atoms with van der Waals surface area (Å²) in [6.07, 6.45) is -0.319. The SMILES string of the molecule is COCC1CCCN1Cc1cc(C(F)(F)F)c2cn(-c3cccc(C4([C@@H](F)c5nncn5C)COC4)c3)c(=O)n2c1. The van der Waals surface area contributed by atoms with E-state index in [0.717, 1.165) is 29.9 Å². The van der Waals surface area contributed by atoms with E-state index < -0.39 is 29.0 Å². The van der Waals surface area contributed by atoms with Gasteiger partial charge in [0.05, 0.1) is 42.0 Å². The highest BCUT2D eigenvalue weighted by atomic mass is 19.4. The third kappa shape index (κ3) is 4.75. The summed E-state index contributed by atoms with van der Waals surface area (Å²) >= 11 is 0. The Morgan fingerprint density at radius 2 is 2.02 bits per heavy atom. The number of hydrogen-bond donors (Lipinski definition) is 0. The zero-order chi connectivity index (χ0) is 28.9. The lowest BCUT2D eigenvalue weighted by molar-refractivity contribution is -0.136. The van der Waals surface area contributed by atoms with Crippen molar-refractivity contribution in [3.8, 4) is 5.69 Å². The zero-order valence-corrected chi connectivity index (χ0v) is 22.6. The van der Waals surface area contributed by atoms with Gasteiger partial charge < -0.3 is 14.0 Å². The van der Waals surface area contributed by atoms with Gasteiger partial charge in [-0.2, -0.15) is 13.2 Å². The molecule has 0 N–H and O–H groups in total. The molecule has 9 nitrogen and oxygen atoms in total. The number of rotatable bonds is 8. The molecule has 1 aromatic carbocycles. The lowest BCUT2D eigenvalue weighted by atomic mass is 9.74. The normalized spacial score (nSPS) is 20.0. The van der Waals surface area contributed by atoms with E-state index in [0.29, 0.717) is 23.4 Å². The number of methoxy groups -OCH3 is 1. The first-order valence-corrected chi connectivity index (χ1v) is 13.4. The molecule has 41 heavy (non-hydrogen) atoms. The van der Waals surface area contributed by atoms with Gasteiger partial charge in [-0.3, -0.25) is 13.9 Å². The van der Waals surface area contributed by atoms with Crippen LogP contribution < -0.4 is 5.69 Å². The van der Waals surface area contributed by atoms with Crippen molar-refractivity contribution in [2.75, 3.05) is 33.5 Å². The Balaban J connectivity index is 1.41. The summed E-state index contributed by atoms with van der Waals surface area (Å²) in [6, 6.07) is 7.84. The Morgan fingerprint density at radius 1 is 1.22 bits per heavy atom. The van der Waals surface area contributed by atoms with E-state index in [1.807, 2.05) is 0 Å². The molecule has 6 rings (SSSR count). The molecule has 5 heterocycles. The van der Waals surface area contributed by atoms with E-state index in [4.69, 9.17) is 9.47 Å². The highest BCUT2D eigenvalue weighted by molar-refractivity contribution is 5.58. The molecule has 2 saturated heterocycles. The fourth-order valence-corrected chi connectivity index (χ4v) is 5.98. The van der Waals surface area contributed by atoms with Gasteiger partial charge in [0.2, 0.25) is 0 Å². The summed E-state index contributed by atoms with van der Waals surface area (Å²) in [5.41, 5.74) is -1.61. The Kier molecular flexibility index (Phi) is 6.99. The summed E-state index contributed by atoms with van der Waals surface area (Å²) in [4.78, 5) is 15.7. The Morgan fingerprint density at radius 3 is 2.68 bits per heavy atom. The fraction of sp³-hybridized carbons (Fsp3) is 0.464. The molecule has 0 aliphatic carbocycles. The molecule has 0 amide bonds. The highest BCUT2D eigenvalue weighted by Gasteiger charge is 2.50. The summed E-state index contributed by atoms with van der Waals surface area (Å²) in [5, 5.41) is 7.68. The molecule has 2 aliphatic heterocycles. The molecule has 0 saturated carbocycles. The molecule has 13 heteroatoms. The highest BCUT2D eigenvalue weighted by Crippen LogP contribution is 2.45. The van der Waals surface area contributed by atoms with Gasteiger partial charge in [0.25, 0.3) is 0 Å². The topological polar surface area (TPSA) is 78.8 Å². The predicted octanol–water partition coefficient (Wildman–Crippen LogP) is 3.83. The van der Waals surface area contributed by atoms with Crippen LogP contribution in [0.1, 0.15) is 41.5 Å². The Bertz CT molecular complexity index is 1620. The second-order valence-electron chi connectivity index (χ2n) is 10.9. The van der Waals surface area contributed by atoms with Crippen LogP contribution in [0, 0.1) is 0 Å². The number of alkyl halides is 4. The second kappa shape index (κ2) is 10.4. The van der Waals surface area contributed by atoms with Crippen LogP contribution in [0.5, 0.6) is 0 Å². The van der Waals surface area contributed by atoms with Gasteiger partial charge in [-0.15, -0.1) is 10.2 Å². The first-order valence-electron chi connectivity index (χ1n) is 13.4. The number of aryl methyl sites for hydroxylation is 1. The minimum atomic E-state index is -4.68. The Hall–Kier alpha value is -3.55. The number of imidazole rings is 1. The van der Waals surface area contributed by atoms with Gasteiger partial charge in [0, 0.05) is 39.1 Å². The van der Waals surface area contributed by atoms with Crippen LogP contribution in [0.25, 0.3) is 11.2 Å². The minimum absolute atomic E-state index is 0.0826. The largest absolute Gasteiger partial charge is 0.418 e. The molecule has 2 atom stereocenters. The number of likely N-dealkylation sites (tertiary alicyclic amines) is 1. The van der Waals surface area contributed by atoms with Gasteiger partial charge in [-0.05, 0) is 48.7 Å². The molecule has 0 radical (unpaired) electrons. The molecule has 0 spiro atoms. The number of ether oxygens (including phenoxy) is 2. The van der Waals surface area contributed by atoms with Gasteiger partial charge in [-0.1, -0.05) is 12.1 Å². The standard InChI is InChI=1S/C28H30F4N6O3/c1-35-17-33-34-25(35)24(29)27(15-41-16-27)19-5-3-6-20(10-19)37-13-23-22(28(30,31)32)9-18(12-38(23)26(37)39)11-36-8-4-7-21(36)14-40-2/h3,5-6,9-10,12-13,17,21,24H,4,7-8,11,14-16H2,1-2H3/t21?,24-/m0/s1. The summed E-state index contributed by atoms with van der Waals surface area (Å²) in [6.45, 7) is 1.66. The van der Waals surface area contributed by atoms with E-state index >= 15 is 4.39 Å². The van der Waals surface area contributed by atoms with Crippen LogP contribution in [0.4, 0.5) is 17.6 Å². The van der Waals surface area contributed by atoms with Crippen LogP contribution in [-0.4, -0.2) is 68.1 Å². The number of nitrogens with zero attached hydrogens (tertiary/aromatic N) is 6. The third-order valence-corrected chi connectivity index (χ3v) is 8.25. The molecular weight excluding hydrogens is 544 g/mol. The number of benzene rings is 1. The molecule has 0 bridgehead atoms. The maximum absolute atomic E-state index is 15.9. The molecule has 3 aromatic heterocycles. The maximum atomic E-state index is 15.9. The van der Waals surface area contributed by atoms with Gasteiger partial charge >= 0.3 is 11.9 Å². The molecule has 2 aliphatic rings. The van der Waals surface area contributed by atoms with Gasteiger partial charge in [0.15, 0.2) is 12.0 Å². The number of halogens is 4. The first kappa shape index (κ1) is 27.6. The van der Waals surface area contributed by atoms with Crippen LogP contribution in [-0.2, 0) is 34.7 Å². The number of pyridine rings is 1. The van der Waals surface area contributed by atoms with Crippen molar-refractivity contribution in [2.24, 2.45) is 7.05 Å². The van der Waals surface area contributed by atoms with Gasteiger partial charge in [0.1, 0.15) is 6.33 Å². The molecular formula is C28H30F4N6O3. The summed E-state index contributed by atoms with van der Waals surface area (Å²) < 4.78 is 73.0. The van der Waals surface area contributed by atoms with Crippen molar-refractivity contribution < 1.29 is 27.0 Å². The number of hydrogen-bond acceptors (Lipinski definition) is 6. The predicted molar refractivity (Wildman–Crippen MR) is 141 cm³/mol. The quantitative estimate of drug-likeness (QED) is 0.298. The van der Waals surface area contributed by atoms with E-state index in [9.17, 15) is 18.0 Å². The third-order valence-electron chi connectivity index (χ3n) is 8.25. The van der Waals surface area contributed by atoms with Crippen LogP contribution in [0.3, 0.4) is 0 Å². The van der Waals surface area contributed by atoms with Crippen molar-refractivity contribution in [2.45, 2.75) is 43.2 Å². The Labute approximate surface area is 232 Å². The maximum Gasteiger partial charge on any atom is 0.418 e. The van der Waals surface area contributed by atoms with Crippen molar-refractivity contribution in [3.05, 3.63) is 82.1 Å². The van der Waals surface area contributed by atoms with E-state index in [-0.39, 0.29) is 37.1 Å². The minimum Gasteiger partial charge on any atom is -0.383 e. The van der Waals surface area contributed by atoms with E-state index in [1.165, 1.54) is 27.9 Å². The average Bonchev–Trinajstić information content (AvgIpc) is 3.62. The molecule has 4 aromatic rings.